The average Bonchev–Trinajstić information content (AvgIpc) is 3.65. The normalized spacial score (nSPS) is 20.9. The summed E-state index contributed by atoms with van der Waals surface area (Å²) < 4.78 is 8.27. The van der Waals surface area contributed by atoms with Gasteiger partial charge in [0.05, 0.1) is 16.1 Å². The summed E-state index contributed by atoms with van der Waals surface area (Å²) in [5.74, 6) is -2.03. The molecule has 3 aromatic carbocycles. The largest absolute Gasteiger partial charge is 0.507 e. The summed E-state index contributed by atoms with van der Waals surface area (Å²) in [7, 11) is 2.13. The molecule has 1 unspecified atom stereocenters. The Morgan fingerprint density at radius 1 is 0.941 bits per heavy atom. The highest BCUT2D eigenvalue weighted by molar-refractivity contribution is 6.34. The molecule has 4 heterocycles. The van der Waals surface area contributed by atoms with Crippen LogP contribution in [0.3, 0.4) is 0 Å². The summed E-state index contributed by atoms with van der Waals surface area (Å²) >= 11 is 6.57. The molecule has 3 aromatic rings. The maximum atomic E-state index is 13.9. The summed E-state index contributed by atoms with van der Waals surface area (Å²) in [5.41, 5.74) is 10.0. The van der Waals surface area contributed by atoms with E-state index in [-0.39, 0.29) is 51.9 Å². The fourth-order valence-corrected chi connectivity index (χ4v) is 10.0. The van der Waals surface area contributed by atoms with Crippen LogP contribution in [-0.2, 0) is 30.0 Å². The molecule has 4 aliphatic heterocycles. The van der Waals surface area contributed by atoms with Gasteiger partial charge in [-0.1, -0.05) is 86.2 Å². The summed E-state index contributed by atoms with van der Waals surface area (Å²) in [6, 6.07) is 18.2. The van der Waals surface area contributed by atoms with E-state index in [1.807, 2.05) is 18.2 Å². The first-order valence-electron chi connectivity index (χ1n) is 24.1. The number of para-hydroxylation sites is 2. The molecule has 13 heteroatoms. The van der Waals surface area contributed by atoms with Crippen molar-refractivity contribution in [3.63, 3.8) is 0 Å². The number of ether oxygens (including phenoxy) is 1. The van der Waals surface area contributed by atoms with Gasteiger partial charge in [-0.2, -0.15) is 4.58 Å². The number of hydroxylamine groups is 1. The van der Waals surface area contributed by atoms with E-state index in [2.05, 4.69) is 122 Å². The highest BCUT2D eigenvalue weighted by Crippen LogP contribution is 2.48. The monoisotopic (exact) mass is 944 g/mol. The van der Waals surface area contributed by atoms with Gasteiger partial charge in [0, 0.05) is 91.6 Å². The summed E-state index contributed by atoms with van der Waals surface area (Å²) in [4.78, 5) is 49.6. The number of benzene rings is 3. The van der Waals surface area contributed by atoms with Gasteiger partial charge >= 0.3 is 5.97 Å². The minimum Gasteiger partial charge on any atom is -0.507 e. The Kier molecular flexibility index (Phi) is 16.4. The molecule has 7 rings (SSSR count). The van der Waals surface area contributed by atoms with Gasteiger partial charge in [0.1, 0.15) is 30.2 Å². The molecule has 2 amide bonds. The number of phenolic OH excluding ortho intramolecular Hbond substituents is 2. The number of hydrogen-bond donors (Lipinski definition) is 4. The minimum absolute atomic E-state index is 0.0123. The van der Waals surface area contributed by atoms with Crippen molar-refractivity contribution in [2.75, 3.05) is 44.7 Å². The number of carbonyl (C=O) groups is 3. The van der Waals surface area contributed by atoms with Crippen molar-refractivity contribution >= 4 is 52.5 Å². The number of cyclic esters (lactones) is 1. The number of nitrogens with zero attached hydrogens (tertiary/aromatic N) is 3. The second kappa shape index (κ2) is 22.3. The number of phenols is 2. The molecule has 1 saturated heterocycles. The SMILES string of the molecule is C[N+]1=C(C=CC=C2N(CCCCC(=O)NCCC3CC=CCC/C=C/C(NOCC(=O)N4CCCCC4)=C/c4c(Cl)c(O)cc(O)c4C(=O)O3)c3ccccc3C2(C)C)C(C)(C)c2ccccc21. The number of amides is 2. The lowest BCUT2D eigenvalue weighted by atomic mass is 9.81. The zero-order valence-corrected chi connectivity index (χ0v) is 40.9. The number of unbranched alkanes of at least 4 members (excludes halogenated alkanes) is 1. The van der Waals surface area contributed by atoms with Gasteiger partial charge in [-0.05, 0) is 88.7 Å². The number of esters is 1. The van der Waals surface area contributed by atoms with E-state index in [1.165, 1.54) is 40.0 Å². The number of likely N-dealkylation sites (tertiary alicyclic amines) is 1. The number of anilines is 1. The molecule has 0 aliphatic carbocycles. The van der Waals surface area contributed by atoms with Crippen molar-refractivity contribution < 1.29 is 38.7 Å². The van der Waals surface area contributed by atoms with Gasteiger partial charge in [-0.25, -0.2) is 4.79 Å². The Labute approximate surface area is 406 Å². The molecule has 0 saturated carbocycles. The molecule has 68 heavy (non-hydrogen) atoms. The van der Waals surface area contributed by atoms with Crippen LogP contribution in [0.4, 0.5) is 11.4 Å². The fourth-order valence-electron chi connectivity index (χ4n) is 9.82. The van der Waals surface area contributed by atoms with Crippen LogP contribution in [0.5, 0.6) is 11.5 Å². The molecule has 0 spiro atoms. The fraction of sp³-hybridized carbons (Fsp3) is 0.418. The van der Waals surface area contributed by atoms with E-state index in [0.717, 1.165) is 38.3 Å². The molecular weight excluding hydrogens is 878 g/mol. The number of hydrogen-bond acceptors (Lipinski definition) is 9. The number of halogens is 1. The molecule has 1 fully saturated rings. The van der Waals surface area contributed by atoms with Gasteiger partial charge in [0.2, 0.25) is 11.6 Å². The van der Waals surface area contributed by atoms with E-state index in [0.29, 0.717) is 57.3 Å². The van der Waals surface area contributed by atoms with Crippen molar-refractivity contribution in [2.24, 2.45) is 0 Å². The number of fused-ring (bicyclic) bond motifs is 3. The Hall–Kier alpha value is -6.11. The van der Waals surface area contributed by atoms with E-state index < -0.39 is 23.6 Å². The second-order valence-electron chi connectivity index (χ2n) is 19.1. The zero-order chi connectivity index (χ0) is 48.4. The van der Waals surface area contributed by atoms with E-state index >= 15 is 0 Å². The molecule has 1 atom stereocenters. The zero-order valence-electron chi connectivity index (χ0n) is 40.2. The number of rotatable bonds is 14. The molecule has 360 valence electrons. The van der Waals surface area contributed by atoms with Gasteiger partial charge in [0.25, 0.3) is 5.91 Å². The van der Waals surface area contributed by atoms with Crippen molar-refractivity contribution in [2.45, 2.75) is 109 Å². The highest BCUT2D eigenvalue weighted by Gasteiger charge is 2.43. The lowest BCUT2D eigenvalue weighted by Crippen LogP contribution is -2.39. The quantitative estimate of drug-likeness (QED) is 0.0408. The number of nitrogens with one attached hydrogen (secondary N) is 2. The third kappa shape index (κ3) is 11.4. The van der Waals surface area contributed by atoms with Crippen molar-refractivity contribution in [3.05, 3.63) is 136 Å². The Balaban J connectivity index is 0.957. The third-order valence-corrected chi connectivity index (χ3v) is 14.0. The first-order chi connectivity index (χ1) is 32.7. The van der Waals surface area contributed by atoms with E-state index in [4.69, 9.17) is 21.2 Å². The van der Waals surface area contributed by atoms with E-state index in [1.54, 1.807) is 11.0 Å². The molecular formula is C55H67ClN5O7+. The minimum atomic E-state index is -0.850. The Morgan fingerprint density at radius 3 is 2.46 bits per heavy atom. The molecule has 12 nitrogen and oxygen atoms in total. The number of carbonyl (C=O) groups excluding carboxylic acids is 3. The maximum Gasteiger partial charge on any atom is 0.342 e. The Bertz CT molecular complexity index is 2550. The molecule has 4 N–H and O–H groups in total. The van der Waals surface area contributed by atoms with Gasteiger partial charge in [-0.15, -0.1) is 0 Å². The van der Waals surface area contributed by atoms with Crippen LogP contribution in [0.2, 0.25) is 5.02 Å². The molecule has 0 radical (unpaired) electrons. The number of piperidine rings is 1. The smallest absolute Gasteiger partial charge is 0.342 e. The maximum absolute atomic E-state index is 13.9. The standard InChI is InChI=1S/C55H66ClN5O7/c1-54(2)41-23-12-14-25-43(41)59(5)47(54)27-20-28-48-55(3,4)42-24-13-15-26-44(42)61(48)34-19-16-29-49(64)57-31-30-39-22-11-8-6-7-10-21-38(58-67-37-50(65)60-32-17-9-18-33-60)35-40-51(53(66)68-39)45(62)36-46(63)52(40)56/h8,10-15,20-21,23-28,35-36,39H,6-7,9,16-19,22,29-34,37H2,1-5H3,(H3-,57,58,62,63,64,66)/p+1/b11-8?,21-10+. The molecule has 0 aromatic heterocycles. The first kappa shape index (κ1) is 49.8. The van der Waals surface area contributed by atoms with Crippen LogP contribution in [0, 0.1) is 0 Å². The van der Waals surface area contributed by atoms with Crippen LogP contribution in [-0.4, -0.2) is 89.1 Å². The molecule has 4 aliphatic rings. The topological polar surface area (TPSA) is 144 Å². The summed E-state index contributed by atoms with van der Waals surface area (Å²) in [6.45, 7) is 11.3. The number of allylic oxidation sites excluding steroid dienone is 7. The predicted molar refractivity (Wildman–Crippen MR) is 269 cm³/mol. The average molecular weight is 946 g/mol. The van der Waals surface area contributed by atoms with Crippen LogP contribution in [0.1, 0.15) is 119 Å². The van der Waals surface area contributed by atoms with Crippen LogP contribution in [0.15, 0.2) is 109 Å². The predicted octanol–water partition coefficient (Wildman–Crippen LogP) is 10.1. The van der Waals surface area contributed by atoms with Gasteiger partial charge in [-0.3, -0.25) is 19.9 Å². The summed E-state index contributed by atoms with van der Waals surface area (Å²) in [6.07, 6.45) is 22.0. The highest BCUT2D eigenvalue weighted by atomic mass is 35.5. The van der Waals surface area contributed by atoms with Crippen LogP contribution < -0.4 is 15.7 Å². The van der Waals surface area contributed by atoms with Crippen molar-refractivity contribution in [3.8, 4) is 11.5 Å². The third-order valence-electron chi connectivity index (χ3n) is 13.6. The van der Waals surface area contributed by atoms with Crippen LogP contribution >= 0.6 is 11.6 Å². The molecule has 0 bridgehead atoms. The van der Waals surface area contributed by atoms with Crippen LogP contribution in [0.25, 0.3) is 6.08 Å². The second-order valence-corrected chi connectivity index (χ2v) is 19.4. The van der Waals surface area contributed by atoms with Crippen molar-refractivity contribution in [1.82, 2.24) is 15.7 Å². The number of aromatic hydroxyl groups is 2. The lowest BCUT2D eigenvalue weighted by molar-refractivity contribution is -0.401. The van der Waals surface area contributed by atoms with Gasteiger partial charge in [0.15, 0.2) is 12.3 Å². The van der Waals surface area contributed by atoms with Gasteiger partial charge < -0.3 is 30.1 Å². The lowest BCUT2D eigenvalue weighted by Gasteiger charge is -2.27. The summed E-state index contributed by atoms with van der Waals surface area (Å²) in [5, 5.41) is 24.4. The van der Waals surface area contributed by atoms with E-state index in [9.17, 15) is 24.6 Å². The Morgan fingerprint density at radius 2 is 1.68 bits per heavy atom. The first-order valence-corrected chi connectivity index (χ1v) is 24.4. The van der Waals surface area contributed by atoms with Crippen molar-refractivity contribution in [1.29, 1.82) is 0 Å².